The maximum absolute atomic E-state index is 12.3. The van der Waals surface area contributed by atoms with Crippen molar-refractivity contribution < 1.29 is 4.79 Å². The number of carbonyl (C=O) groups excluding carboxylic acids is 1. The maximum Gasteiger partial charge on any atom is 0.241 e. The smallest absolute Gasteiger partial charge is 0.241 e. The lowest BCUT2D eigenvalue weighted by Gasteiger charge is -2.36. The molecule has 2 aliphatic rings. The Balaban J connectivity index is 0.00000144. The van der Waals surface area contributed by atoms with Crippen LogP contribution in [-0.4, -0.2) is 36.0 Å². The van der Waals surface area contributed by atoms with Gasteiger partial charge in [0.1, 0.15) is 6.04 Å². The molecule has 1 saturated heterocycles. The Morgan fingerprint density at radius 1 is 1.04 bits per heavy atom. The zero-order chi connectivity index (χ0) is 15.4. The monoisotopic (exact) mass is 373 g/mol. The van der Waals surface area contributed by atoms with E-state index in [0.717, 1.165) is 37.5 Å². The topological polar surface area (TPSA) is 58.4 Å². The van der Waals surface area contributed by atoms with Crippen molar-refractivity contribution in [3.8, 4) is 0 Å². The largest absolute Gasteiger partial charge is 0.352 e. The third-order valence-electron chi connectivity index (χ3n) is 5.16. The Morgan fingerprint density at radius 3 is 2.21 bits per heavy atom. The lowest BCUT2D eigenvalue weighted by Crippen LogP contribution is -2.49. The van der Waals surface area contributed by atoms with Crippen LogP contribution in [0.1, 0.15) is 50.1 Å². The third-order valence-corrected chi connectivity index (χ3v) is 5.16. The molecule has 6 heteroatoms. The van der Waals surface area contributed by atoms with Gasteiger partial charge in [-0.25, -0.2) is 0 Å². The molecule has 1 aromatic rings. The highest BCUT2D eigenvalue weighted by molar-refractivity contribution is 5.85. The van der Waals surface area contributed by atoms with Gasteiger partial charge >= 0.3 is 0 Å². The first kappa shape index (κ1) is 21.2. The van der Waals surface area contributed by atoms with E-state index in [1.165, 1.54) is 25.7 Å². The number of rotatable bonds is 4. The molecular weight excluding hydrogens is 345 g/mol. The first-order chi connectivity index (χ1) is 10.7. The molecule has 2 fully saturated rings. The number of hydrogen-bond donors (Lipinski definition) is 2. The molecule has 0 radical (unpaired) electrons. The molecule has 1 amide bonds. The molecule has 1 saturated carbocycles. The van der Waals surface area contributed by atoms with E-state index < -0.39 is 6.04 Å². The predicted octanol–water partition coefficient (Wildman–Crippen LogP) is 3.05. The van der Waals surface area contributed by atoms with E-state index in [4.69, 9.17) is 5.73 Å². The van der Waals surface area contributed by atoms with Crippen LogP contribution in [0.15, 0.2) is 30.3 Å². The number of piperidine rings is 1. The second kappa shape index (κ2) is 10.2. The molecule has 24 heavy (non-hydrogen) atoms. The van der Waals surface area contributed by atoms with Crippen molar-refractivity contribution in [1.82, 2.24) is 10.2 Å². The fourth-order valence-electron chi connectivity index (χ4n) is 3.78. The van der Waals surface area contributed by atoms with Gasteiger partial charge in [-0.2, -0.15) is 0 Å². The lowest BCUT2D eigenvalue weighted by atomic mass is 10.0. The summed E-state index contributed by atoms with van der Waals surface area (Å²) in [5, 5.41) is 3.14. The number of nitrogens with two attached hydrogens (primary N) is 1. The quantitative estimate of drug-likeness (QED) is 0.852. The van der Waals surface area contributed by atoms with Gasteiger partial charge in [-0.1, -0.05) is 43.2 Å². The molecule has 1 heterocycles. The van der Waals surface area contributed by atoms with Crippen LogP contribution in [0, 0.1) is 0 Å². The fraction of sp³-hybridized carbons (Fsp3) is 0.611. The van der Waals surface area contributed by atoms with Gasteiger partial charge in [0.15, 0.2) is 0 Å². The maximum atomic E-state index is 12.3. The fourth-order valence-corrected chi connectivity index (χ4v) is 3.78. The molecule has 0 aromatic heterocycles. The minimum atomic E-state index is -0.561. The molecule has 1 aliphatic carbocycles. The normalized spacial score (nSPS) is 20.7. The van der Waals surface area contributed by atoms with Gasteiger partial charge in [-0.3, -0.25) is 4.79 Å². The van der Waals surface area contributed by atoms with Crippen LogP contribution >= 0.6 is 24.8 Å². The molecule has 3 N–H and O–H groups in total. The Bertz CT molecular complexity index is 486. The second-order valence-corrected chi connectivity index (χ2v) is 6.65. The molecular formula is C18H29Cl2N3O. The third kappa shape index (κ3) is 5.35. The first-order valence-corrected chi connectivity index (χ1v) is 8.59. The SMILES string of the molecule is Cl.Cl.NC(C(=O)NC1CCN(C2CCCC2)CC1)c1ccccc1. The van der Waals surface area contributed by atoms with Crippen molar-refractivity contribution in [3.63, 3.8) is 0 Å². The van der Waals surface area contributed by atoms with Gasteiger partial charge in [0.25, 0.3) is 0 Å². The summed E-state index contributed by atoms with van der Waals surface area (Å²) in [5.74, 6) is -0.0504. The number of halogens is 2. The molecule has 1 aromatic carbocycles. The number of carbonyl (C=O) groups is 1. The van der Waals surface area contributed by atoms with Gasteiger partial charge in [0.2, 0.25) is 5.91 Å². The van der Waals surface area contributed by atoms with Crippen molar-refractivity contribution in [3.05, 3.63) is 35.9 Å². The standard InChI is InChI=1S/C18H27N3O.2ClH/c19-17(14-6-2-1-3-7-14)18(22)20-15-10-12-21(13-11-15)16-8-4-5-9-16;;/h1-3,6-7,15-17H,4-5,8-13,19H2,(H,20,22);2*1H. The summed E-state index contributed by atoms with van der Waals surface area (Å²) >= 11 is 0. The molecule has 4 nitrogen and oxygen atoms in total. The molecule has 1 atom stereocenters. The predicted molar refractivity (Wildman–Crippen MR) is 103 cm³/mol. The van der Waals surface area contributed by atoms with E-state index in [-0.39, 0.29) is 36.8 Å². The van der Waals surface area contributed by atoms with Crippen molar-refractivity contribution in [2.45, 2.75) is 56.7 Å². The molecule has 0 spiro atoms. The van der Waals surface area contributed by atoms with Gasteiger partial charge in [0.05, 0.1) is 0 Å². The summed E-state index contributed by atoms with van der Waals surface area (Å²) in [6.45, 7) is 2.21. The van der Waals surface area contributed by atoms with E-state index >= 15 is 0 Å². The van der Waals surface area contributed by atoms with Gasteiger partial charge < -0.3 is 16.0 Å². The first-order valence-electron chi connectivity index (χ1n) is 8.59. The average molecular weight is 374 g/mol. The van der Waals surface area contributed by atoms with E-state index in [1.54, 1.807) is 0 Å². The van der Waals surface area contributed by atoms with Crippen molar-refractivity contribution in [1.29, 1.82) is 0 Å². The number of nitrogens with one attached hydrogen (secondary N) is 1. The van der Waals surface area contributed by atoms with Crippen LogP contribution in [0.4, 0.5) is 0 Å². The Morgan fingerprint density at radius 2 is 1.62 bits per heavy atom. The second-order valence-electron chi connectivity index (χ2n) is 6.65. The summed E-state index contributed by atoms with van der Waals surface area (Å²) in [4.78, 5) is 14.9. The Labute approximate surface area is 157 Å². The highest BCUT2D eigenvalue weighted by Crippen LogP contribution is 2.26. The highest BCUT2D eigenvalue weighted by Gasteiger charge is 2.28. The number of likely N-dealkylation sites (tertiary alicyclic amines) is 1. The van der Waals surface area contributed by atoms with Crippen LogP contribution in [0.3, 0.4) is 0 Å². The summed E-state index contributed by atoms with van der Waals surface area (Å²) in [6, 6.07) is 10.1. The molecule has 0 bridgehead atoms. The van der Waals surface area contributed by atoms with Crippen LogP contribution in [0.2, 0.25) is 0 Å². The van der Waals surface area contributed by atoms with E-state index in [9.17, 15) is 4.79 Å². The van der Waals surface area contributed by atoms with Gasteiger partial charge in [0, 0.05) is 25.2 Å². The summed E-state index contributed by atoms with van der Waals surface area (Å²) in [7, 11) is 0. The zero-order valence-corrected chi connectivity index (χ0v) is 15.7. The van der Waals surface area contributed by atoms with E-state index in [0.29, 0.717) is 0 Å². The van der Waals surface area contributed by atoms with Crippen molar-refractivity contribution >= 4 is 30.7 Å². The Hall–Kier alpha value is -0.810. The molecule has 3 rings (SSSR count). The summed E-state index contributed by atoms with van der Waals surface area (Å²) in [6.07, 6.45) is 7.57. The van der Waals surface area contributed by atoms with Gasteiger partial charge in [-0.15, -0.1) is 24.8 Å². The molecule has 1 aliphatic heterocycles. The number of nitrogens with zero attached hydrogens (tertiary/aromatic N) is 1. The van der Waals surface area contributed by atoms with Gasteiger partial charge in [-0.05, 0) is 31.2 Å². The Kier molecular flexibility index (Phi) is 9.06. The molecule has 1 unspecified atom stereocenters. The van der Waals surface area contributed by atoms with Crippen LogP contribution in [-0.2, 0) is 4.79 Å². The van der Waals surface area contributed by atoms with E-state index in [1.807, 2.05) is 30.3 Å². The summed E-state index contributed by atoms with van der Waals surface area (Å²) in [5.41, 5.74) is 6.94. The zero-order valence-electron chi connectivity index (χ0n) is 14.0. The van der Waals surface area contributed by atoms with Crippen LogP contribution < -0.4 is 11.1 Å². The number of amides is 1. The lowest BCUT2D eigenvalue weighted by molar-refractivity contribution is -0.123. The van der Waals surface area contributed by atoms with Crippen molar-refractivity contribution in [2.75, 3.05) is 13.1 Å². The van der Waals surface area contributed by atoms with Crippen LogP contribution in [0.25, 0.3) is 0 Å². The average Bonchev–Trinajstić information content (AvgIpc) is 3.10. The number of hydrogen-bond acceptors (Lipinski definition) is 3. The minimum absolute atomic E-state index is 0. The van der Waals surface area contributed by atoms with Crippen molar-refractivity contribution in [2.24, 2.45) is 5.73 Å². The van der Waals surface area contributed by atoms with E-state index in [2.05, 4.69) is 10.2 Å². The summed E-state index contributed by atoms with van der Waals surface area (Å²) < 4.78 is 0. The number of benzene rings is 1. The molecule has 136 valence electrons. The highest BCUT2D eigenvalue weighted by atomic mass is 35.5. The minimum Gasteiger partial charge on any atom is -0.352 e. The van der Waals surface area contributed by atoms with Crippen LogP contribution in [0.5, 0.6) is 0 Å².